The Morgan fingerprint density at radius 2 is 1.74 bits per heavy atom. The minimum Gasteiger partial charge on any atom is -0.497 e. The molecule has 2 aromatic rings. The molecule has 122 valence electrons. The molecule has 0 aliphatic carbocycles. The van der Waals surface area contributed by atoms with Gasteiger partial charge in [-0.15, -0.1) is 0 Å². The number of methoxy groups -OCH3 is 2. The molecule has 5 nitrogen and oxygen atoms in total. The molecular formula is C18H20O5. The van der Waals surface area contributed by atoms with E-state index in [1.807, 2.05) is 24.3 Å². The van der Waals surface area contributed by atoms with E-state index in [1.165, 1.54) is 0 Å². The van der Waals surface area contributed by atoms with Gasteiger partial charge in [-0.05, 0) is 35.9 Å². The number of ether oxygens (including phenoxy) is 4. The van der Waals surface area contributed by atoms with Crippen molar-refractivity contribution in [2.24, 2.45) is 0 Å². The number of carbonyl (C=O) groups is 1. The molecule has 23 heavy (non-hydrogen) atoms. The van der Waals surface area contributed by atoms with Crippen LogP contribution < -0.4 is 9.47 Å². The Bertz CT molecular complexity index is 622. The Labute approximate surface area is 135 Å². The summed E-state index contributed by atoms with van der Waals surface area (Å²) in [6, 6.07) is 14.3. The van der Waals surface area contributed by atoms with Gasteiger partial charge in [-0.1, -0.05) is 18.2 Å². The second-order valence-corrected chi connectivity index (χ2v) is 4.79. The first-order valence-corrected chi connectivity index (χ1v) is 7.25. The first-order chi connectivity index (χ1) is 11.2. The van der Waals surface area contributed by atoms with Gasteiger partial charge in [-0.3, -0.25) is 0 Å². The molecule has 0 fully saturated rings. The third-order valence-corrected chi connectivity index (χ3v) is 3.15. The molecule has 0 spiro atoms. The van der Waals surface area contributed by atoms with Gasteiger partial charge in [0.1, 0.15) is 24.7 Å². The van der Waals surface area contributed by atoms with E-state index in [1.54, 1.807) is 38.5 Å². The fraction of sp³-hybridized carbons (Fsp3) is 0.278. The van der Waals surface area contributed by atoms with Crippen molar-refractivity contribution in [3.8, 4) is 11.5 Å². The van der Waals surface area contributed by atoms with Gasteiger partial charge in [0.15, 0.2) is 0 Å². The third-order valence-electron chi connectivity index (χ3n) is 3.15. The standard InChI is InChI=1S/C18H20O5/c1-20-10-11-22-17-5-3-4-15(12-17)18(19)23-13-14-6-8-16(21-2)9-7-14/h3-9,12H,10-11,13H2,1-2H3. The fourth-order valence-electron chi connectivity index (χ4n) is 1.91. The van der Waals surface area contributed by atoms with E-state index >= 15 is 0 Å². The molecule has 5 heteroatoms. The van der Waals surface area contributed by atoms with E-state index < -0.39 is 5.97 Å². The Kier molecular flexibility index (Phi) is 6.44. The van der Waals surface area contributed by atoms with Crippen LogP contribution in [0.25, 0.3) is 0 Å². The number of hydrogen-bond acceptors (Lipinski definition) is 5. The highest BCUT2D eigenvalue weighted by Gasteiger charge is 2.09. The molecular weight excluding hydrogens is 296 g/mol. The first-order valence-electron chi connectivity index (χ1n) is 7.25. The molecule has 0 saturated heterocycles. The maximum atomic E-state index is 12.1. The van der Waals surface area contributed by atoms with Gasteiger partial charge < -0.3 is 18.9 Å². The average molecular weight is 316 g/mol. The number of carbonyl (C=O) groups excluding carboxylic acids is 1. The van der Waals surface area contributed by atoms with Crippen LogP contribution >= 0.6 is 0 Å². The number of benzene rings is 2. The normalized spacial score (nSPS) is 10.2. The lowest BCUT2D eigenvalue weighted by molar-refractivity contribution is 0.0472. The molecule has 0 amide bonds. The third kappa shape index (κ3) is 5.30. The van der Waals surface area contributed by atoms with E-state index in [4.69, 9.17) is 18.9 Å². The van der Waals surface area contributed by atoms with Gasteiger partial charge >= 0.3 is 5.97 Å². The maximum absolute atomic E-state index is 12.1. The zero-order valence-corrected chi connectivity index (χ0v) is 13.3. The minimum atomic E-state index is -0.391. The van der Waals surface area contributed by atoms with Crippen LogP contribution in [0.1, 0.15) is 15.9 Å². The van der Waals surface area contributed by atoms with Gasteiger partial charge in [0.25, 0.3) is 0 Å². The van der Waals surface area contributed by atoms with Gasteiger partial charge in [-0.2, -0.15) is 0 Å². The van der Waals surface area contributed by atoms with Crippen molar-refractivity contribution >= 4 is 5.97 Å². The van der Waals surface area contributed by atoms with Crippen LogP contribution in [0.4, 0.5) is 0 Å². The first kappa shape index (κ1) is 16.8. The van der Waals surface area contributed by atoms with Crippen LogP contribution in [0.5, 0.6) is 11.5 Å². The van der Waals surface area contributed by atoms with Crippen LogP contribution in [-0.4, -0.2) is 33.4 Å². The highest BCUT2D eigenvalue weighted by molar-refractivity contribution is 5.89. The van der Waals surface area contributed by atoms with E-state index in [2.05, 4.69) is 0 Å². The Hall–Kier alpha value is -2.53. The van der Waals surface area contributed by atoms with Crippen LogP contribution in [0.3, 0.4) is 0 Å². The van der Waals surface area contributed by atoms with Crippen molar-refractivity contribution in [3.05, 3.63) is 59.7 Å². The zero-order valence-electron chi connectivity index (χ0n) is 13.3. The summed E-state index contributed by atoms with van der Waals surface area (Å²) >= 11 is 0. The molecule has 2 aromatic carbocycles. The molecule has 0 aliphatic rings. The van der Waals surface area contributed by atoms with Gasteiger partial charge in [0.2, 0.25) is 0 Å². The Morgan fingerprint density at radius 3 is 2.43 bits per heavy atom. The van der Waals surface area contributed by atoms with Gasteiger partial charge in [-0.25, -0.2) is 4.79 Å². The summed E-state index contributed by atoms with van der Waals surface area (Å²) in [6.07, 6.45) is 0. The molecule has 0 aliphatic heterocycles. The molecule has 0 saturated carbocycles. The summed E-state index contributed by atoms with van der Waals surface area (Å²) < 4.78 is 20.8. The molecule has 0 bridgehead atoms. The summed E-state index contributed by atoms with van der Waals surface area (Å²) in [7, 11) is 3.22. The lowest BCUT2D eigenvalue weighted by atomic mass is 10.2. The van der Waals surface area contributed by atoms with Crippen molar-refractivity contribution in [3.63, 3.8) is 0 Å². The fourth-order valence-corrected chi connectivity index (χ4v) is 1.91. The Morgan fingerprint density at radius 1 is 0.957 bits per heavy atom. The topological polar surface area (TPSA) is 54.0 Å². The predicted octanol–water partition coefficient (Wildman–Crippen LogP) is 3.08. The number of hydrogen-bond donors (Lipinski definition) is 0. The SMILES string of the molecule is COCCOc1cccc(C(=O)OCc2ccc(OC)cc2)c1. The lowest BCUT2D eigenvalue weighted by Gasteiger charge is -2.08. The van der Waals surface area contributed by atoms with Crippen LogP contribution in [0, 0.1) is 0 Å². The molecule has 0 N–H and O–H groups in total. The van der Waals surface area contributed by atoms with Crippen molar-refractivity contribution in [2.45, 2.75) is 6.61 Å². The smallest absolute Gasteiger partial charge is 0.338 e. The molecule has 0 heterocycles. The van der Waals surface area contributed by atoms with E-state index in [0.29, 0.717) is 24.5 Å². The molecule has 2 rings (SSSR count). The highest BCUT2D eigenvalue weighted by atomic mass is 16.5. The van der Waals surface area contributed by atoms with Crippen molar-refractivity contribution in [2.75, 3.05) is 27.4 Å². The second kappa shape index (κ2) is 8.80. The number of esters is 1. The predicted molar refractivity (Wildman–Crippen MR) is 85.9 cm³/mol. The summed E-state index contributed by atoms with van der Waals surface area (Å²) in [6.45, 7) is 1.13. The summed E-state index contributed by atoms with van der Waals surface area (Å²) in [5.41, 5.74) is 1.35. The van der Waals surface area contributed by atoms with E-state index in [-0.39, 0.29) is 6.61 Å². The monoisotopic (exact) mass is 316 g/mol. The second-order valence-electron chi connectivity index (χ2n) is 4.79. The van der Waals surface area contributed by atoms with E-state index in [9.17, 15) is 4.79 Å². The molecule has 0 atom stereocenters. The van der Waals surface area contributed by atoms with Crippen LogP contribution in [-0.2, 0) is 16.1 Å². The number of rotatable bonds is 8. The van der Waals surface area contributed by atoms with Crippen molar-refractivity contribution in [1.29, 1.82) is 0 Å². The molecule has 0 unspecified atom stereocenters. The summed E-state index contributed by atoms with van der Waals surface area (Å²) in [5.74, 6) is 0.986. The van der Waals surface area contributed by atoms with Gasteiger partial charge in [0, 0.05) is 7.11 Å². The van der Waals surface area contributed by atoms with E-state index in [0.717, 1.165) is 11.3 Å². The Balaban J connectivity index is 1.90. The van der Waals surface area contributed by atoms with Crippen LogP contribution in [0.15, 0.2) is 48.5 Å². The molecule has 0 radical (unpaired) electrons. The highest BCUT2D eigenvalue weighted by Crippen LogP contribution is 2.16. The summed E-state index contributed by atoms with van der Waals surface area (Å²) in [4.78, 5) is 12.1. The quantitative estimate of drug-likeness (QED) is 0.553. The minimum absolute atomic E-state index is 0.206. The largest absolute Gasteiger partial charge is 0.497 e. The maximum Gasteiger partial charge on any atom is 0.338 e. The van der Waals surface area contributed by atoms with Gasteiger partial charge in [0.05, 0.1) is 19.3 Å². The lowest BCUT2D eigenvalue weighted by Crippen LogP contribution is -2.07. The summed E-state index contributed by atoms with van der Waals surface area (Å²) in [5, 5.41) is 0. The van der Waals surface area contributed by atoms with Crippen molar-refractivity contribution < 1.29 is 23.7 Å². The molecule has 0 aromatic heterocycles. The average Bonchev–Trinajstić information content (AvgIpc) is 2.60. The van der Waals surface area contributed by atoms with Crippen molar-refractivity contribution in [1.82, 2.24) is 0 Å². The van der Waals surface area contributed by atoms with Crippen LogP contribution in [0.2, 0.25) is 0 Å². The zero-order chi connectivity index (χ0) is 16.5.